The average Bonchev–Trinajstić information content (AvgIpc) is 3.46. The van der Waals surface area contributed by atoms with Gasteiger partial charge in [-0.15, -0.1) is 0 Å². The molecular formula is C44H42N4O4. The lowest BCUT2D eigenvalue weighted by atomic mass is 9.72. The van der Waals surface area contributed by atoms with Crippen molar-refractivity contribution in [3.05, 3.63) is 143 Å². The second-order valence-electron chi connectivity index (χ2n) is 14.6. The topological polar surface area (TPSA) is 87.4 Å². The van der Waals surface area contributed by atoms with E-state index in [0.29, 0.717) is 46.6 Å². The van der Waals surface area contributed by atoms with Gasteiger partial charge in [0.1, 0.15) is 0 Å². The zero-order chi connectivity index (χ0) is 36.5. The third-order valence-electron chi connectivity index (χ3n) is 9.75. The summed E-state index contributed by atoms with van der Waals surface area (Å²) in [5.41, 5.74) is 10.5. The fraction of sp³-hybridized carbons (Fsp3) is 0.273. The zero-order valence-electron chi connectivity index (χ0n) is 30.5. The third-order valence-corrected chi connectivity index (χ3v) is 9.75. The van der Waals surface area contributed by atoms with E-state index >= 15 is 0 Å². The predicted octanol–water partition coefficient (Wildman–Crippen LogP) is 10.5. The number of allylic oxidation sites excluding steroid dienone is 1. The molecule has 0 radical (unpaired) electrons. The third kappa shape index (κ3) is 6.62. The smallest absolute Gasteiger partial charge is 0.228 e. The number of aryl methyl sites for hydroxylation is 1. The summed E-state index contributed by atoms with van der Waals surface area (Å²) in [6, 6.07) is 19.8. The maximum absolute atomic E-state index is 6.52. The molecule has 52 heavy (non-hydrogen) atoms. The molecule has 7 rings (SSSR count). The molecule has 3 aliphatic rings. The van der Waals surface area contributed by atoms with E-state index in [1.165, 1.54) is 34.7 Å². The Morgan fingerprint density at radius 1 is 0.827 bits per heavy atom. The Morgan fingerprint density at radius 2 is 1.48 bits per heavy atom. The minimum Gasteiger partial charge on any atom is -0.435 e. The summed E-state index contributed by atoms with van der Waals surface area (Å²) >= 11 is 0. The number of pyridine rings is 2. The van der Waals surface area contributed by atoms with Crippen molar-refractivity contribution >= 4 is 11.8 Å². The van der Waals surface area contributed by atoms with E-state index in [-0.39, 0.29) is 16.2 Å². The Morgan fingerprint density at radius 3 is 2.12 bits per heavy atom. The molecule has 0 fully saturated rings. The van der Waals surface area contributed by atoms with Gasteiger partial charge in [-0.25, -0.2) is 20.0 Å². The van der Waals surface area contributed by atoms with E-state index in [4.69, 9.17) is 18.9 Å². The van der Waals surface area contributed by atoms with E-state index < -0.39 is 0 Å². The first-order chi connectivity index (χ1) is 25.0. The van der Waals surface area contributed by atoms with Gasteiger partial charge in [-0.1, -0.05) is 65.1 Å². The van der Waals surface area contributed by atoms with Gasteiger partial charge in [-0.2, -0.15) is 0 Å². The summed E-state index contributed by atoms with van der Waals surface area (Å²) < 4.78 is 26.0. The van der Waals surface area contributed by atoms with Crippen LogP contribution in [0.25, 0.3) is 0 Å². The van der Waals surface area contributed by atoms with Crippen molar-refractivity contribution < 1.29 is 18.9 Å². The highest BCUT2D eigenvalue weighted by Gasteiger charge is 2.57. The van der Waals surface area contributed by atoms with Crippen LogP contribution in [0.15, 0.2) is 126 Å². The molecule has 0 saturated heterocycles. The number of hydrogen-bond donors (Lipinski definition) is 0. The summed E-state index contributed by atoms with van der Waals surface area (Å²) in [6.45, 7) is 17.0. The number of aliphatic imine (C=N–C) groups is 2. The van der Waals surface area contributed by atoms with Crippen LogP contribution < -0.4 is 18.9 Å². The molecule has 262 valence electrons. The molecule has 0 N–H and O–H groups in total. The molecule has 3 heterocycles. The fourth-order valence-corrected chi connectivity index (χ4v) is 7.81. The molecule has 2 aromatic carbocycles. The quantitative estimate of drug-likeness (QED) is 0.0987. The van der Waals surface area contributed by atoms with Gasteiger partial charge >= 0.3 is 0 Å². The van der Waals surface area contributed by atoms with Crippen LogP contribution in [0.4, 0.5) is 0 Å². The van der Waals surface area contributed by atoms with Gasteiger partial charge in [-0.05, 0) is 107 Å². The summed E-state index contributed by atoms with van der Waals surface area (Å²) in [6.07, 6.45) is 12.8. The lowest BCUT2D eigenvalue weighted by molar-refractivity contribution is 0.349. The minimum absolute atomic E-state index is 0.219. The first kappa shape index (κ1) is 34.5. The second-order valence-corrected chi connectivity index (χ2v) is 14.6. The summed E-state index contributed by atoms with van der Waals surface area (Å²) in [5, 5.41) is 0. The van der Waals surface area contributed by atoms with Gasteiger partial charge in [0.05, 0.1) is 12.3 Å². The molecule has 2 aromatic heterocycles. The molecule has 1 unspecified atom stereocenters. The van der Waals surface area contributed by atoms with Crippen LogP contribution in [0.1, 0.15) is 81.8 Å². The van der Waals surface area contributed by atoms with Crippen molar-refractivity contribution in [1.82, 2.24) is 9.97 Å². The van der Waals surface area contributed by atoms with Crippen LogP contribution in [-0.4, -0.2) is 21.8 Å². The van der Waals surface area contributed by atoms with Crippen molar-refractivity contribution in [1.29, 1.82) is 0 Å². The van der Waals surface area contributed by atoms with E-state index in [1.54, 1.807) is 12.3 Å². The zero-order valence-corrected chi connectivity index (χ0v) is 30.5. The van der Waals surface area contributed by atoms with Crippen LogP contribution >= 0.6 is 0 Å². The molecule has 1 aliphatic heterocycles. The van der Waals surface area contributed by atoms with Gasteiger partial charge in [0, 0.05) is 35.6 Å². The Hall–Kier alpha value is -5.94. The van der Waals surface area contributed by atoms with Crippen LogP contribution in [0, 0.1) is 6.92 Å². The van der Waals surface area contributed by atoms with Crippen molar-refractivity contribution in [2.75, 3.05) is 0 Å². The van der Waals surface area contributed by atoms with Gasteiger partial charge in [0.15, 0.2) is 23.0 Å². The monoisotopic (exact) mass is 690 g/mol. The first-order valence-electron chi connectivity index (χ1n) is 17.5. The number of ether oxygens (including phenoxy) is 4. The molecular weight excluding hydrogens is 649 g/mol. The highest BCUT2D eigenvalue weighted by Crippen LogP contribution is 2.65. The van der Waals surface area contributed by atoms with Gasteiger partial charge in [0.2, 0.25) is 23.6 Å². The molecule has 4 aromatic rings. The first-order valence-corrected chi connectivity index (χ1v) is 17.5. The lowest BCUT2D eigenvalue weighted by Crippen LogP contribution is -2.27. The SMILES string of the molecule is C=CN=C(/C=C\CC)Oc1cc2c(cc1Oc1ccccn1)C1(CC(C)(C)c3cc(Oc4cccc(C)n4)c(OC4=NC=C=C=C4)cc31)CC2(C)C. The van der Waals surface area contributed by atoms with Crippen LogP contribution in [-0.2, 0) is 16.2 Å². The summed E-state index contributed by atoms with van der Waals surface area (Å²) in [5.74, 6) is 3.95. The van der Waals surface area contributed by atoms with E-state index in [0.717, 1.165) is 25.0 Å². The van der Waals surface area contributed by atoms with Gasteiger partial charge in [0.25, 0.3) is 0 Å². The van der Waals surface area contributed by atoms with E-state index in [9.17, 15) is 0 Å². The summed E-state index contributed by atoms with van der Waals surface area (Å²) in [4.78, 5) is 17.9. The Labute approximate surface area is 305 Å². The lowest BCUT2D eigenvalue weighted by Gasteiger charge is -2.31. The molecule has 8 nitrogen and oxygen atoms in total. The number of aromatic nitrogens is 2. The maximum atomic E-state index is 6.52. The Bertz CT molecular complexity index is 2250. The maximum Gasteiger partial charge on any atom is 0.228 e. The number of rotatable bonds is 9. The van der Waals surface area contributed by atoms with Crippen molar-refractivity contribution in [2.45, 2.75) is 77.0 Å². The number of hydrogen-bond acceptors (Lipinski definition) is 8. The fourth-order valence-electron chi connectivity index (χ4n) is 7.81. The van der Waals surface area contributed by atoms with Crippen molar-refractivity contribution in [3.8, 4) is 34.8 Å². The van der Waals surface area contributed by atoms with Crippen LogP contribution in [0.3, 0.4) is 0 Å². The van der Waals surface area contributed by atoms with Crippen molar-refractivity contribution in [3.63, 3.8) is 0 Å². The van der Waals surface area contributed by atoms with Crippen molar-refractivity contribution in [2.24, 2.45) is 9.98 Å². The number of nitrogens with zero attached hydrogens (tertiary/aromatic N) is 4. The van der Waals surface area contributed by atoms with Gasteiger partial charge in [-0.3, -0.25) is 0 Å². The summed E-state index contributed by atoms with van der Waals surface area (Å²) in [7, 11) is 0. The minimum atomic E-state index is -0.388. The van der Waals surface area contributed by atoms with E-state index in [1.807, 2.05) is 55.5 Å². The molecule has 8 heteroatoms. The highest BCUT2D eigenvalue weighted by atomic mass is 16.5. The number of fused-ring (bicyclic) bond motifs is 4. The van der Waals surface area contributed by atoms with Crippen LogP contribution in [0.5, 0.6) is 34.8 Å². The Balaban J connectivity index is 1.41. The number of benzene rings is 2. The molecule has 2 aliphatic carbocycles. The van der Waals surface area contributed by atoms with E-state index in [2.05, 4.69) is 96.9 Å². The molecule has 1 atom stereocenters. The Kier molecular flexibility index (Phi) is 9.06. The highest BCUT2D eigenvalue weighted by molar-refractivity contribution is 5.91. The molecule has 0 amide bonds. The predicted molar refractivity (Wildman–Crippen MR) is 204 cm³/mol. The normalized spacial score (nSPS) is 19.0. The molecule has 0 saturated carbocycles. The second kappa shape index (κ2) is 13.6. The van der Waals surface area contributed by atoms with Gasteiger partial charge < -0.3 is 18.9 Å². The largest absolute Gasteiger partial charge is 0.435 e. The van der Waals surface area contributed by atoms with Crippen LogP contribution in [0.2, 0.25) is 0 Å². The molecule has 0 bridgehead atoms. The standard InChI is InChI=1S/C44H42N4O4/c1-8-10-17-38(45-9-2)49-34-23-30-32(25-36(34)50-39-18-11-13-21-46-39)44(27-42(30,4)5)28-43(6,7)31-24-35(52-41-20-15-16-29(3)48-41)37(26-33(31)44)51-40-19-12-14-22-47-40/h9-11,13,15-26H,2,8,27-28H2,1,3-7H3/b17-10-,45-38?. The average molecular weight is 691 g/mol. The molecule has 1 spiro atoms.